The largest absolute Gasteiger partial charge is 0.369 e. The lowest BCUT2D eigenvalue weighted by atomic mass is 10.4. The monoisotopic (exact) mass is 207 g/mol. The van der Waals surface area contributed by atoms with E-state index in [0.29, 0.717) is 6.54 Å². The first-order valence-electron chi connectivity index (χ1n) is 4.19. The number of nitrogens with two attached hydrogens (primary N) is 1. The molecule has 1 rings (SSSR count). The van der Waals surface area contributed by atoms with Gasteiger partial charge in [-0.3, -0.25) is 9.71 Å². The lowest BCUT2D eigenvalue weighted by molar-refractivity contribution is 0.741. The van der Waals surface area contributed by atoms with E-state index < -0.39 is 0 Å². The van der Waals surface area contributed by atoms with Gasteiger partial charge < -0.3 is 5.73 Å². The smallest absolute Gasteiger partial charge is 0.199 e. The second-order valence-electron chi connectivity index (χ2n) is 2.64. The number of benzene rings is 1. The van der Waals surface area contributed by atoms with Crippen LogP contribution in [0.15, 0.2) is 47.9 Å². The predicted octanol–water partition coefficient (Wildman–Crippen LogP) is 2.08. The van der Waals surface area contributed by atoms with E-state index in [1.165, 1.54) is 11.9 Å². The second kappa shape index (κ2) is 5.34. The van der Waals surface area contributed by atoms with Gasteiger partial charge in [0.15, 0.2) is 5.96 Å². The first kappa shape index (κ1) is 10.7. The fourth-order valence-corrected chi connectivity index (χ4v) is 1.72. The van der Waals surface area contributed by atoms with Crippen LogP contribution in [-0.4, -0.2) is 16.8 Å². The molecule has 0 unspecified atom stereocenters. The van der Waals surface area contributed by atoms with Crippen LogP contribution in [0.4, 0.5) is 0 Å². The van der Waals surface area contributed by atoms with Crippen molar-refractivity contribution in [1.82, 2.24) is 4.31 Å². The van der Waals surface area contributed by atoms with Gasteiger partial charge in [0.2, 0.25) is 0 Å². The molecule has 0 atom stereocenters. The first-order valence-corrected chi connectivity index (χ1v) is 4.97. The Hall–Kier alpha value is -1.42. The van der Waals surface area contributed by atoms with Crippen LogP contribution in [0.1, 0.15) is 0 Å². The SMILES string of the molecule is C=CCN(Sc1ccccc1)C(=N)N. The average Bonchev–Trinajstić information content (AvgIpc) is 2.18. The third kappa shape index (κ3) is 3.14. The minimum absolute atomic E-state index is 0.0405. The molecule has 74 valence electrons. The Bertz CT molecular complexity index is 310. The van der Waals surface area contributed by atoms with E-state index >= 15 is 0 Å². The molecule has 0 amide bonds. The zero-order chi connectivity index (χ0) is 10.4. The molecule has 0 aliphatic carbocycles. The standard InChI is InChI=1S/C10H13N3S/c1-2-8-13(10(11)12)14-9-6-4-3-5-7-9/h2-7H,1,8H2,(H3,11,12). The van der Waals surface area contributed by atoms with Crippen molar-refractivity contribution in [2.75, 3.05) is 6.54 Å². The van der Waals surface area contributed by atoms with Gasteiger partial charge in [0.05, 0.1) is 6.54 Å². The molecule has 1 aromatic carbocycles. The van der Waals surface area contributed by atoms with Crippen molar-refractivity contribution < 1.29 is 0 Å². The third-order valence-electron chi connectivity index (χ3n) is 1.52. The summed E-state index contributed by atoms with van der Waals surface area (Å²) in [7, 11) is 0. The molecule has 0 bridgehead atoms. The van der Waals surface area contributed by atoms with Crippen LogP contribution in [-0.2, 0) is 0 Å². The number of nitrogens with one attached hydrogen (secondary N) is 1. The molecular formula is C10H13N3S. The summed E-state index contributed by atoms with van der Waals surface area (Å²) in [6.07, 6.45) is 1.72. The van der Waals surface area contributed by atoms with E-state index in [9.17, 15) is 0 Å². The summed E-state index contributed by atoms with van der Waals surface area (Å²) in [6, 6.07) is 9.81. The fraction of sp³-hybridized carbons (Fsp3) is 0.100. The molecule has 0 aromatic heterocycles. The van der Waals surface area contributed by atoms with Gasteiger partial charge in [-0.05, 0) is 24.1 Å². The zero-order valence-corrected chi connectivity index (χ0v) is 8.63. The molecule has 0 spiro atoms. The normalized spacial score (nSPS) is 9.43. The van der Waals surface area contributed by atoms with Gasteiger partial charge in [-0.1, -0.05) is 24.3 Å². The predicted molar refractivity (Wildman–Crippen MR) is 61.1 cm³/mol. The molecule has 0 saturated heterocycles. The van der Waals surface area contributed by atoms with Crippen molar-refractivity contribution in [1.29, 1.82) is 5.41 Å². The summed E-state index contributed by atoms with van der Waals surface area (Å²) in [5.41, 5.74) is 5.41. The molecule has 0 fully saturated rings. The van der Waals surface area contributed by atoms with Gasteiger partial charge >= 0.3 is 0 Å². The molecular weight excluding hydrogens is 194 g/mol. The van der Waals surface area contributed by atoms with Crippen molar-refractivity contribution in [3.8, 4) is 0 Å². The fourth-order valence-electron chi connectivity index (χ4n) is 0.911. The highest BCUT2D eigenvalue weighted by atomic mass is 32.2. The topological polar surface area (TPSA) is 53.1 Å². The number of nitrogens with zero attached hydrogens (tertiary/aromatic N) is 1. The summed E-state index contributed by atoms with van der Waals surface area (Å²) < 4.78 is 1.67. The first-order chi connectivity index (χ1) is 6.74. The third-order valence-corrected chi connectivity index (χ3v) is 2.57. The van der Waals surface area contributed by atoms with E-state index in [4.69, 9.17) is 11.1 Å². The number of rotatable bonds is 4. The number of guanidine groups is 1. The van der Waals surface area contributed by atoms with Gasteiger partial charge in [-0.2, -0.15) is 0 Å². The summed E-state index contributed by atoms with van der Waals surface area (Å²) in [6.45, 7) is 4.18. The molecule has 0 aliphatic rings. The summed E-state index contributed by atoms with van der Waals surface area (Å²) >= 11 is 1.43. The van der Waals surface area contributed by atoms with E-state index in [2.05, 4.69) is 6.58 Å². The van der Waals surface area contributed by atoms with Crippen LogP contribution in [0.2, 0.25) is 0 Å². The zero-order valence-electron chi connectivity index (χ0n) is 7.81. The molecule has 3 N–H and O–H groups in total. The molecule has 0 aliphatic heterocycles. The van der Waals surface area contributed by atoms with Gasteiger partial charge in [0, 0.05) is 4.90 Å². The molecule has 0 saturated carbocycles. The van der Waals surface area contributed by atoms with Crippen LogP contribution in [0.5, 0.6) is 0 Å². The van der Waals surface area contributed by atoms with Crippen molar-refractivity contribution in [2.24, 2.45) is 5.73 Å². The Morgan fingerprint density at radius 1 is 1.50 bits per heavy atom. The van der Waals surface area contributed by atoms with Gasteiger partial charge in [-0.25, -0.2) is 0 Å². The number of hydrogen-bond acceptors (Lipinski definition) is 2. The highest BCUT2D eigenvalue weighted by molar-refractivity contribution is 7.97. The maximum atomic E-state index is 7.34. The Balaban J connectivity index is 2.64. The van der Waals surface area contributed by atoms with Crippen molar-refractivity contribution in [2.45, 2.75) is 4.90 Å². The van der Waals surface area contributed by atoms with E-state index in [0.717, 1.165) is 4.90 Å². The maximum Gasteiger partial charge on any atom is 0.199 e. The van der Waals surface area contributed by atoms with Crippen LogP contribution in [0.25, 0.3) is 0 Å². The highest BCUT2D eigenvalue weighted by Gasteiger charge is 2.05. The van der Waals surface area contributed by atoms with Crippen molar-refractivity contribution in [3.63, 3.8) is 0 Å². The van der Waals surface area contributed by atoms with Gasteiger partial charge in [0.25, 0.3) is 0 Å². The quantitative estimate of drug-likeness (QED) is 0.344. The van der Waals surface area contributed by atoms with Crippen LogP contribution in [0.3, 0.4) is 0 Å². The van der Waals surface area contributed by atoms with Crippen LogP contribution >= 0.6 is 11.9 Å². The minimum atomic E-state index is 0.0405. The lowest BCUT2D eigenvalue weighted by Crippen LogP contribution is -2.30. The molecule has 4 heteroatoms. The summed E-state index contributed by atoms with van der Waals surface area (Å²) in [4.78, 5) is 1.06. The summed E-state index contributed by atoms with van der Waals surface area (Å²) in [5.74, 6) is 0.0405. The Morgan fingerprint density at radius 2 is 2.14 bits per heavy atom. The van der Waals surface area contributed by atoms with Gasteiger partial charge in [-0.15, -0.1) is 6.58 Å². The Kier molecular flexibility index (Phi) is 4.07. The molecule has 14 heavy (non-hydrogen) atoms. The average molecular weight is 207 g/mol. The Labute approximate surface area is 88.2 Å². The summed E-state index contributed by atoms with van der Waals surface area (Å²) in [5, 5.41) is 7.34. The molecule has 3 nitrogen and oxygen atoms in total. The Morgan fingerprint density at radius 3 is 2.64 bits per heavy atom. The van der Waals surface area contributed by atoms with Crippen LogP contribution in [0, 0.1) is 5.41 Å². The van der Waals surface area contributed by atoms with E-state index in [1.54, 1.807) is 10.4 Å². The molecule has 0 heterocycles. The van der Waals surface area contributed by atoms with Gasteiger partial charge in [0.1, 0.15) is 0 Å². The van der Waals surface area contributed by atoms with Crippen molar-refractivity contribution >= 4 is 17.9 Å². The lowest BCUT2D eigenvalue weighted by Gasteiger charge is -2.18. The minimum Gasteiger partial charge on any atom is -0.369 e. The number of hydrogen-bond donors (Lipinski definition) is 2. The highest BCUT2D eigenvalue weighted by Crippen LogP contribution is 2.21. The molecule has 0 radical (unpaired) electrons. The van der Waals surface area contributed by atoms with E-state index in [1.807, 2.05) is 30.3 Å². The van der Waals surface area contributed by atoms with Crippen LogP contribution < -0.4 is 5.73 Å². The second-order valence-corrected chi connectivity index (χ2v) is 3.73. The maximum absolute atomic E-state index is 7.34. The van der Waals surface area contributed by atoms with E-state index in [-0.39, 0.29) is 5.96 Å². The van der Waals surface area contributed by atoms with Crippen molar-refractivity contribution in [3.05, 3.63) is 43.0 Å². The molecule has 1 aromatic rings.